The van der Waals surface area contributed by atoms with E-state index in [0.717, 1.165) is 17.7 Å². The van der Waals surface area contributed by atoms with Crippen LogP contribution in [0.25, 0.3) is 0 Å². The predicted octanol–water partition coefficient (Wildman–Crippen LogP) is 2.44. The summed E-state index contributed by atoms with van der Waals surface area (Å²) in [5, 5.41) is 0. The molecule has 132 valence electrons. The van der Waals surface area contributed by atoms with Gasteiger partial charge in [0.1, 0.15) is 5.75 Å². The molecule has 0 unspecified atom stereocenters. The van der Waals surface area contributed by atoms with Crippen LogP contribution in [0.1, 0.15) is 39.7 Å². The van der Waals surface area contributed by atoms with Gasteiger partial charge in [-0.15, -0.1) is 0 Å². The molecule has 0 atom stereocenters. The zero-order valence-electron chi connectivity index (χ0n) is 15.2. The van der Waals surface area contributed by atoms with Gasteiger partial charge >= 0.3 is 0 Å². The van der Waals surface area contributed by atoms with Gasteiger partial charge in [-0.1, -0.05) is 39.0 Å². The van der Waals surface area contributed by atoms with Crippen molar-refractivity contribution < 1.29 is 14.3 Å². The van der Waals surface area contributed by atoms with Gasteiger partial charge < -0.3 is 14.5 Å². The molecule has 1 heterocycles. The molecule has 0 aliphatic carbocycles. The summed E-state index contributed by atoms with van der Waals surface area (Å²) in [7, 11) is 0. The van der Waals surface area contributed by atoms with E-state index in [1.807, 2.05) is 24.3 Å². The Morgan fingerprint density at radius 1 is 1.04 bits per heavy atom. The van der Waals surface area contributed by atoms with Crippen molar-refractivity contribution in [3.63, 3.8) is 0 Å². The second kappa shape index (κ2) is 7.69. The van der Waals surface area contributed by atoms with Gasteiger partial charge in [-0.25, -0.2) is 0 Å². The first kappa shape index (κ1) is 18.3. The van der Waals surface area contributed by atoms with Crippen molar-refractivity contribution in [1.29, 1.82) is 0 Å². The third kappa shape index (κ3) is 4.73. The number of hydrogen-bond acceptors (Lipinski definition) is 3. The van der Waals surface area contributed by atoms with Crippen molar-refractivity contribution in [1.82, 2.24) is 9.80 Å². The quantitative estimate of drug-likeness (QED) is 0.854. The van der Waals surface area contributed by atoms with Gasteiger partial charge in [-0.05, 0) is 23.5 Å². The van der Waals surface area contributed by atoms with Gasteiger partial charge in [0.25, 0.3) is 5.91 Å². The van der Waals surface area contributed by atoms with Crippen LogP contribution >= 0.6 is 0 Å². The Morgan fingerprint density at radius 2 is 1.67 bits per heavy atom. The van der Waals surface area contributed by atoms with Crippen LogP contribution in [0.5, 0.6) is 5.75 Å². The Kier molecular flexibility index (Phi) is 5.86. The minimum Gasteiger partial charge on any atom is -0.483 e. The number of carbonyl (C=O) groups excluding carboxylic acids is 2. The fourth-order valence-electron chi connectivity index (χ4n) is 2.92. The average molecular weight is 332 g/mol. The van der Waals surface area contributed by atoms with Gasteiger partial charge in [0.05, 0.1) is 0 Å². The van der Waals surface area contributed by atoms with Gasteiger partial charge in [0, 0.05) is 33.1 Å². The van der Waals surface area contributed by atoms with E-state index in [1.165, 1.54) is 0 Å². The molecule has 24 heavy (non-hydrogen) atoms. The molecule has 5 heteroatoms. The van der Waals surface area contributed by atoms with Gasteiger partial charge in [0.15, 0.2) is 6.61 Å². The van der Waals surface area contributed by atoms with E-state index in [0.29, 0.717) is 26.2 Å². The molecule has 0 radical (unpaired) electrons. The van der Waals surface area contributed by atoms with Crippen LogP contribution < -0.4 is 4.74 Å². The molecule has 2 rings (SSSR count). The van der Waals surface area contributed by atoms with Crippen molar-refractivity contribution in [2.75, 3.05) is 32.8 Å². The summed E-state index contributed by atoms with van der Waals surface area (Å²) in [4.78, 5) is 27.5. The molecule has 2 amide bonds. The van der Waals surface area contributed by atoms with Crippen LogP contribution in [-0.4, -0.2) is 54.4 Å². The first-order valence-corrected chi connectivity index (χ1v) is 8.54. The van der Waals surface area contributed by atoms with E-state index >= 15 is 0 Å². The molecular formula is C19H28N2O3. The maximum absolute atomic E-state index is 12.5. The monoisotopic (exact) mass is 332 g/mol. The summed E-state index contributed by atoms with van der Waals surface area (Å²) < 4.78 is 5.82. The lowest BCUT2D eigenvalue weighted by molar-refractivity contribution is -0.134. The lowest BCUT2D eigenvalue weighted by Gasteiger charge is -2.24. The van der Waals surface area contributed by atoms with Crippen LogP contribution in [0.4, 0.5) is 0 Å². The maximum atomic E-state index is 12.5. The topological polar surface area (TPSA) is 49.9 Å². The number of ether oxygens (including phenoxy) is 1. The number of rotatable bonds is 3. The van der Waals surface area contributed by atoms with E-state index in [-0.39, 0.29) is 23.8 Å². The molecule has 1 aromatic rings. The molecule has 1 aliphatic rings. The number of carbonyl (C=O) groups is 2. The van der Waals surface area contributed by atoms with Crippen LogP contribution in [-0.2, 0) is 15.0 Å². The maximum Gasteiger partial charge on any atom is 0.260 e. The zero-order chi connectivity index (χ0) is 17.7. The van der Waals surface area contributed by atoms with Crippen LogP contribution in [0.2, 0.25) is 0 Å². The van der Waals surface area contributed by atoms with Crippen molar-refractivity contribution in [2.45, 2.75) is 39.5 Å². The number of nitrogens with zero attached hydrogens (tertiary/aromatic N) is 2. The minimum atomic E-state index is -0.0375. The summed E-state index contributed by atoms with van der Waals surface area (Å²) in [5.74, 6) is 0.808. The average Bonchev–Trinajstić information content (AvgIpc) is 2.78. The zero-order valence-corrected chi connectivity index (χ0v) is 15.2. The third-order valence-corrected chi connectivity index (χ3v) is 4.34. The van der Waals surface area contributed by atoms with E-state index in [4.69, 9.17) is 4.74 Å². The van der Waals surface area contributed by atoms with E-state index < -0.39 is 0 Å². The second-order valence-electron chi connectivity index (χ2n) is 7.28. The van der Waals surface area contributed by atoms with E-state index in [9.17, 15) is 9.59 Å². The molecule has 0 saturated carbocycles. The van der Waals surface area contributed by atoms with E-state index in [1.54, 1.807) is 16.7 Å². The molecule has 1 saturated heterocycles. The highest BCUT2D eigenvalue weighted by atomic mass is 16.5. The van der Waals surface area contributed by atoms with Crippen molar-refractivity contribution in [3.8, 4) is 5.75 Å². The molecule has 0 spiro atoms. The van der Waals surface area contributed by atoms with Crippen molar-refractivity contribution in [3.05, 3.63) is 29.8 Å². The fraction of sp³-hybridized carbons (Fsp3) is 0.579. The summed E-state index contributed by atoms with van der Waals surface area (Å²) in [6.07, 6.45) is 0.809. The Morgan fingerprint density at radius 3 is 2.33 bits per heavy atom. The largest absolute Gasteiger partial charge is 0.483 e. The van der Waals surface area contributed by atoms with Gasteiger partial charge in [-0.3, -0.25) is 9.59 Å². The van der Waals surface area contributed by atoms with Crippen LogP contribution in [0.3, 0.4) is 0 Å². The summed E-state index contributed by atoms with van der Waals surface area (Å²) in [6, 6.07) is 7.86. The fourth-order valence-corrected chi connectivity index (χ4v) is 2.92. The van der Waals surface area contributed by atoms with Gasteiger partial charge in [0.2, 0.25) is 5.91 Å². The molecule has 0 N–H and O–H groups in total. The Hall–Kier alpha value is -2.04. The molecular weight excluding hydrogens is 304 g/mol. The first-order chi connectivity index (χ1) is 11.3. The normalized spacial score (nSPS) is 15.8. The van der Waals surface area contributed by atoms with Gasteiger partial charge in [-0.2, -0.15) is 0 Å². The van der Waals surface area contributed by atoms with Crippen molar-refractivity contribution >= 4 is 11.8 Å². The van der Waals surface area contributed by atoms with E-state index in [2.05, 4.69) is 20.8 Å². The third-order valence-electron chi connectivity index (χ3n) is 4.34. The highest BCUT2D eigenvalue weighted by Gasteiger charge is 2.22. The number of hydrogen-bond donors (Lipinski definition) is 0. The van der Waals surface area contributed by atoms with Crippen molar-refractivity contribution in [2.24, 2.45) is 0 Å². The molecule has 0 bridgehead atoms. The van der Waals surface area contributed by atoms with Crippen LogP contribution in [0.15, 0.2) is 24.3 Å². The molecule has 1 aromatic carbocycles. The molecule has 1 fully saturated rings. The lowest BCUT2D eigenvalue weighted by Crippen LogP contribution is -2.38. The summed E-state index contributed by atoms with van der Waals surface area (Å²) >= 11 is 0. The highest BCUT2D eigenvalue weighted by Crippen LogP contribution is 2.30. The number of benzene rings is 1. The minimum absolute atomic E-state index is 0.0240. The Balaban J connectivity index is 1.95. The molecule has 1 aliphatic heterocycles. The Labute approximate surface area is 144 Å². The highest BCUT2D eigenvalue weighted by molar-refractivity contribution is 5.78. The number of amides is 2. The lowest BCUT2D eigenvalue weighted by atomic mass is 9.86. The Bertz CT molecular complexity index is 593. The summed E-state index contributed by atoms with van der Waals surface area (Å²) in [6.45, 7) is 10.5. The van der Waals surface area contributed by atoms with Crippen LogP contribution in [0, 0.1) is 0 Å². The molecule has 0 aromatic heterocycles. The first-order valence-electron chi connectivity index (χ1n) is 8.54. The molecule has 5 nitrogen and oxygen atoms in total. The standard InChI is InChI=1S/C19H28N2O3/c1-15(22)20-10-7-11-21(13-12-20)18(23)14-24-17-9-6-5-8-16(17)19(2,3)4/h5-6,8-9H,7,10-14H2,1-4H3. The number of para-hydroxylation sites is 1. The smallest absolute Gasteiger partial charge is 0.260 e. The SMILES string of the molecule is CC(=O)N1CCCN(C(=O)COc2ccccc2C(C)(C)C)CC1. The second-order valence-corrected chi connectivity index (χ2v) is 7.28. The summed E-state index contributed by atoms with van der Waals surface area (Å²) in [5.41, 5.74) is 1.06. The predicted molar refractivity (Wildman–Crippen MR) is 94.1 cm³/mol.